The number of thioether (sulfide) groups is 1. The second-order valence-corrected chi connectivity index (χ2v) is 4.42. The number of aryl methyl sites for hydroxylation is 1. The van der Waals surface area contributed by atoms with Gasteiger partial charge in [0.25, 0.3) is 0 Å². The fraction of sp³-hybridized carbons (Fsp3) is 0.455. The number of hydrogen-bond donors (Lipinski definition) is 2. The topological polar surface area (TPSA) is 62.2 Å². The monoisotopic (exact) mass is 240 g/mol. The average molecular weight is 240 g/mol. The Hall–Kier alpha value is -1.23. The van der Waals surface area contributed by atoms with Gasteiger partial charge in [-0.15, -0.1) is 0 Å². The summed E-state index contributed by atoms with van der Waals surface area (Å²) in [7, 11) is 0. The molecule has 0 atom stereocenters. The Morgan fingerprint density at radius 2 is 2.38 bits per heavy atom. The number of rotatable bonds is 6. The van der Waals surface area contributed by atoms with Crippen LogP contribution in [0.2, 0.25) is 0 Å². The molecule has 0 bridgehead atoms. The molecule has 0 unspecified atom stereocenters. The standard InChI is InChI=1S/C11H16N2O2S/c1-8-4-6-13-10(9(8)11(14)15)12-5-3-7-16-2/h4,6H,3,5,7H2,1-2H3,(H,12,13)(H,14,15). The third kappa shape index (κ3) is 3.41. The number of aromatic carboxylic acids is 1. The Bertz CT molecular complexity index is 369. The first-order chi connectivity index (χ1) is 7.66. The molecule has 16 heavy (non-hydrogen) atoms. The molecule has 0 amide bonds. The van der Waals surface area contributed by atoms with Crippen LogP contribution in [-0.2, 0) is 0 Å². The summed E-state index contributed by atoms with van der Waals surface area (Å²) in [6.45, 7) is 2.52. The molecule has 0 saturated heterocycles. The predicted molar refractivity (Wildman–Crippen MR) is 67.4 cm³/mol. The fourth-order valence-corrected chi connectivity index (χ4v) is 1.82. The molecule has 1 rings (SSSR count). The maximum Gasteiger partial charge on any atom is 0.339 e. The van der Waals surface area contributed by atoms with Crippen molar-refractivity contribution in [1.29, 1.82) is 0 Å². The van der Waals surface area contributed by atoms with Crippen LogP contribution in [0.5, 0.6) is 0 Å². The van der Waals surface area contributed by atoms with E-state index in [4.69, 9.17) is 5.11 Å². The maximum atomic E-state index is 11.0. The van der Waals surface area contributed by atoms with E-state index in [2.05, 4.69) is 10.3 Å². The van der Waals surface area contributed by atoms with E-state index in [0.29, 0.717) is 5.82 Å². The molecule has 0 aromatic carbocycles. The smallest absolute Gasteiger partial charge is 0.339 e. The van der Waals surface area contributed by atoms with Crippen LogP contribution in [0.3, 0.4) is 0 Å². The zero-order valence-electron chi connectivity index (χ0n) is 9.49. The lowest BCUT2D eigenvalue weighted by Gasteiger charge is -2.09. The maximum absolute atomic E-state index is 11.0. The van der Waals surface area contributed by atoms with Gasteiger partial charge in [-0.25, -0.2) is 9.78 Å². The van der Waals surface area contributed by atoms with Crippen molar-refractivity contribution in [3.05, 3.63) is 23.4 Å². The van der Waals surface area contributed by atoms with Gasteiger partial charge >= 0.3 is 5.97 Å². The normalized spacial score (nSPS) is 10.1. The van der Waals surface area contributed by atoms with E-state index < -0.39 is 5.97 Å². The van der Waals surface area contributed by atoms with Gasteiger partial charge in [-0.05, 0) is 37.0 Å². The molecule has 88 valence electrons. The van der Waals surface area contributed by atoms with Crippen LogP contribution >= 0.6 is 11.8 Å². The third-order valence-electron chi connectivity index (χ3n) is 2.19. The first-order valence-electron chi connectivity index (χ1n) is 5.08. The summed E-state index contributed by atoms with van der Waals surface area (Å²) in [5, 5.41) is 12.1. The molecule has 2 N–H and O–H groups in total. The highest BCUT2D eigenvalue weighted by Gasteiger charge is 2.13. The van der Waals surface area contributed by atoms with Gasteiger partial charge in [-0.2, -0.15) is 11.8 Å². The second-order valence-electron chi connectivity index (χ2n) is 3.43. The number of carboxylic acid groups (broad SMARTS) is 1. The van der Waals surface area contributed by atoms with Crippen molar-refractivity contribution in [2.24, 2.45) is 0 Å². The Labute approximate surface area is 99.5 Å². The molecule has 0 spiro atoms. The van der Waals surface area contributed by atoms with Gasteiger partial charge in [0, 0.05) is 12.7 Å². The van der Waals surface area contributed by atoms with Gasteiger partial charge in [0.05, 0.1) is 0 Å². The first-order valence-corrected chi connectivity index (χ1v) is 6.48. The number of carbonyl (C=O) groups is 1. The van der Waals surface area contributed by atoms with E-state index in [0.717, 1.165) is 24.3 Å². The van der Waals surface area contributed by atoms with Gasteiger partial charge in [0.15, 0.2) is 0 Å². The summed E-state index contributed by atoms with van der Waals surface area (Å²) in [5.41, 5.74) is 1.00. The van der Waals surface area contributed by atoms with Gasteiger partial charge in [-0.1, -0.05) is 0 Å². The Kier molecular flexibility index (Phi) is 5.11. The molecule has 5 heteroatoms. The third-order valence-corrected chi connectivity index (χ3v) is 2.89. The van der Waals surface area contributed by atoms with Crippen molar-refractivity contribution >= 4 is 23.5 Å². The lowest BCUT2D eigenvalue weighted by Crippen LogP contribution is -2.11. The summed E-state index contributed by atoms with van der Waals surface area (Å²) in [5.74, 6) is 0.591. The first kappa shape index (κ1) is 12.8. The molecule has 1 aromatic rings. The van der Waals surface area contributed by atoms with Crippen LogP contribution < -0.4 is 5.32 Å². The summed E-state index contributed by atoms with van der Waals surface area (Å²) in [6.07, 6.45) is 4.67. The molecule has 0 saturated carbocycles. The number of aromatic nitrogens is 1. The van der Waals surface area contributed by atoms with Crippen molar-refractivity contribution in [3.8, 4) is 0 Å². The number of nitrogens with one attached hydrogen (secondary N) is 1. The number of hydrogen-bond acceptors (Lipinski definition) is 4. The number of pyridine rings is 1. The van der Waals surface area contributed by atoms with E-state index in [1.54, 1.807) is 30.9 Å². The van der Waals surface area contributed by atoms with Crippen molar-refractivity contribution in [3.63, 3.8) is 0 Å². The Morgan fingerprint density at radius 3 is 3.00 bits per heavy atom. The zero-order valence-corrected chi connectivity index (χ0v) is 10.3. The summed E-state index contributed by atoms with van der Waals surface area (Å²) >= 11 is 1.77. The van der Waals surface area contributed by atoms with Crippen LogP contribution in [-0.4, -0.2) is 34.6 Å². The fourth-order valence-electron chi connectivity index (χ4n) is 1.39. The summed E-state index contributed by atoms with van der Waals surface area (Å²) in [4.78, 5) is 15.1. The van der Waals surface area contributed by atoms with Crippen molar-refractivity contribution in [2.45, 2.75) is 13.3 Å². The average Bonchev–Trinajstić information content (AvgIpc) is 2.24. The van der Waals surface area contributed by atoms with E-state index in [1.807, 2.05) is 6.26 Å². The van der Waals surface area contributed by atoms with Crippen LogP contribution in [0.15, 0.2) is 12.3 Å². The second kappa shape index (κ2) is 6.37. The quantitative estimate of drug-likeness (QED) is 0.747. The zero-order chi connectivity index (χ0) is 12.0. The minimum Gasteiger partial charge on any atom is -0.478 e. The Balaban J connectivity index is 2.71. The predicted octanol–water partition coefficient (Wildman–Crippen LogP) is 2.25. The van der Waals surface area contributed by atoms with Gasteiger partial charge in [0.1, 0.15) is 11.4 Å². The van der Waals surface area contributed by atoms with E-state index >= 15 is 0 Å². The van der Waals surface area contributed by atoms with Crippen LogP contribution in [0.1, 0.15) is 22.3 Å². The summed E-state index contributed by atoms with van der Waals surface area (Å²) in [6, 6.07) is 1.70. The van der Waals surface area contributed by atoms with E-state index in [1.165, 1.54) is 0 Å². The minimum atomic E-state index is -0.932. The largest absolute Gasteiger partial charge is 0.478 e. The van der Waals surface area contributed by atoms with E-state index in [-0.39, 0.29) is 5.56 Å². The van der Waals surface area contributed by atoms with Gasteiger partial charge in [0.2, 0.25) is 0 Å². The number of carboxylic acids is 1. The molecule has 0 aliphatic rings. The lowest BCUT2D eigenvalue weighted by atomic mass is 10.1. The molecule has 1 aromatic heterocycles. The van der Waals surface area contributed by atoms with Crippen LogP contribution in [0.4, 0.5) is 5.82 Å². The van der Waals surface area contributed by atoms with Crippen molar-refractivity contribution < 1.29 is 9.90 Å². The molecule has 0 aliphatic heterocycles. The number of nitrogens with zero attached hydrogens (tertiary/aromatic N) is 1. The molecule has 0 fully saturated rings. The highest BCUT2D eigenvalue weighted by Crippen LogP contribution is 2.16. The molecule has 0 aliphatic carbocycles. The molecular weight excluding hydrogens is 224 g/mol. The SMILES string of the molecule is CSCCCNc1nccc(C)c1C(=O)O. The van der Waals surface area contributed by atoms with Crippen LogP contribution in [0, 0.1) is 6.92 Å². The molecular formula is C11H16N2O2S. The summed E-state index contributed by atoms with van der Waals surface area (Å²) < 4.78 is 0. The van der Waals surface area contributed by atoms with Crippen LogP contribution in [0.25, 0.3) is 0 Å². The highest BCUT2D eigenvalue weighted by atomic mass is 32.2. The minimum absolute atomic E-state index is 0.270. The highest BCUT2D eigenvalue weighted by molar-refractivity contribution is 7.98. The van der Waals surface area contributed by atoms with Crippen molar-refractivity contribution in [1.82, 2.24) is 4.98 Å². The van der Waals surface area contributed by atoms with E-state index in [9.17, 15) is 4.79 Å². The van der Waals surface area contributed by atoms with Gasteiger partial charge < -0.3 is 10.4 Å². The molecule has 4 nitrogen and oxygen atoms in total. The molecule has 0 radical (unpaired) electrons. The molecule has 1 heterocycles. The lowest BCUT2D eigenvalue weighted by molar-refractivity contribution is 0.0697. The Morgan fingerprint density at radius 1 is 1.62 bits per heavy atom. The van der Waals surface area contributed by atoms with Crippen molar-refractivity contribution in [2.75, 3.05) is 23.9 Å². The van der Waals surface area contributed by atoms with Gasteiger partial charge in [-0.3, -0.25) is 0 Å². The number of anilines is 1.